The van der Waals surface area contributed by atoms with Gasteiger partial charge in [-0.3, -0.25) is 4.21 Å². The summed E-state index contributed by atoms with van der Waals surface area (Å²) in [4.78, 5) is 1.25. The molecule has 0 amide bonds. The molecule has 154 valence electrons. The van der Waals surface area contributed by atoms with E-state index in [-0.39, 0.29) is 17.7 Å². The first-order valence-electron chi connectivity index (χ1n) is 9.34. The standard InChI is InChI=1S/C12H14FO2PS.C7H7ClS.C2H6/c13-9-1-2-10(16)12-11(9)8-3-4-17(14)6-7(8)5-15-12;1-9-7-4-2-6(8)3-5-7;1-2/h1-2,7-8H,3-6,16H2;2-5H,1H3;1-2H3. The SMILES string of the molecule is CC.CSc1ccc(Cl)cc1.O=S1CCC2c3c(F)ccc(P)c3OCC2C1. The van der Waals surface area contributed by atoms with Crippen molar-refractivity contribution in [3.8, 4) is 5.75 Å². The quantitative estimate of drug-likeness (QED) is 0.406. The van der Waals surface area contributed by atoms with Gasteiger partial charge in [-0.1, -0.05) is 25.4 Å². The number of hydrogen-bond acceptors (Lipinski definition) is 3. The molecule has 0 aliphatic carbocycles. The number of rotatable bonds is 1. The summed E-state index contributed by atoms with van der Waals surface area (Å²) in [6, 6.07) is 11.0. The van der Waals surface area contributed by atoms with Gasteiger partial charge in [0.05, 0.1) is 6.61 Å². The summed E-state index contributed by atoms with van der Waals surface area (Å²) in [5.41, 5.74) is 0.699. The summed E-state index contributed by atoms with van der Waals surface area (Å²) in [5.74, 6) is 2.21. The Kier molecular flexibility index (Phi) is 9.76. The highest BCUT2D eigenvalue weighted by Crippen LogP contribution is 2.42. The van der Waals surface area contributed by atoms with Gasteiger partial charge in [0.25, 0.3) is 0 Å². The largest absolute Gasteiger partial charge is 0.492 e. The number of thioether (sulfide) groups is 1. The van der Waals surface area contributed by atoms with Crippen molar-refractivity contribution in [2.75, 3.05) is 24.4 Å². The second kappa shape index (κ2) is 11.5. The van der Waals surface area contributed by atoms with E-state index in [0.717, 1.165) is 16.7 Å². The molecule has 2 aliphatic heterocycles. The Bertz CT molecular complexity index is 802. The van der Waals surface area contributed by atoms with Crippen LogP contribution in [0.1, 0.15) is 31.7 Å². The Morgan fingerprint density at radius 3 is 2.54 bits per heavy atom. The van der Waals surface area contributed by atoms with Crippen LogP contribution in [-0.4, -0.2) is 28.6 Å². The van der Waals surface area contributed by atoms with Crippen molar-refractivity contribution in [1.82, 2.24) is 0 Å². The predicted molar refractivity (Wildman–Crippen MR) is 125 cm³/mol. The van der Waals surface area contributed by atoms with Gasteiger partial charge in [0.2, 0.25) is 0 Å². The van der Waals surface area contributed by atoms with E-state index in [4.69, 9.17) is 16.3 Å². The van der Waals surface area contributed by atoms with E-state index in [1.807, 2.05) is 44.4 Å². The van der Waals surface area contributed by atoms with E-state index in [1.54, 1.807) is 17.8 Å². The monoisotopic (exact) mass is 460 g/mol. The van der Waals surface area contributed by atoms with Gasteiger partial charge in [-0.25, -0.2) is 4.39 Å². The van der Waals surface area contributed by atoms with Gasteiger partial charge in [-0.2, -0.15) is 0 Å². The van der Waals surface area contributed by atoms with E-state index in [2.05, 4.69) is 9.24 Å². The third-order valence-corrected chi connectivity index (χ3v) is 7.60. The molecule has 4 rings (SSSR count). The fraction of sp³-hybridized carbons (Fsp3) is 0.429. The Morgan fingerprint density at radius 2 is 1.89 bits per heavy atom. The zero-order chi connectivity index (χ0) is 20.7. The minimum atomic E-state index is -0.755. The first-order valence-corrected chi connectivity index (χ1v) is 13.0. The molecule has 2 aromatic carbocycles. The highest BCUT2D eigenvalue weighted by Gasteiger charge is 2.37. The van der Waals surface area contributed by atoms with Crippen molar-refractivity contribution >= 4 is 48.7 Å². The molecular weight excluding hydrogens is 434 g/mol. The van der Waals surface area contributed by atoms with Gasteiger partial charge in [0.1, 0.15) is 11.6 Å². The smallest absolute Gasteiger partial charge is 0.132 e. The lowest BCUT2D eigenvalue weighted by Crippen LogP contribution is -2.37. The summed E-state index contributed by atoms with van der Waals surface area (Å²) in [6.45, 7) is 4.56. The summed E-state index contributed by atoms with van der Waals surface area (Å²) < 4.78 is 31.2. The summed E-state index contributed by atoms with van der Waals surface area (Å²) in [5, 5.41) is 1.71. The number of halogens is 2. The van der Waals surface area contributed by atoms with E-state index < -0.39 is 10.8 Å². The molecule has 1 saturated heterocycles. The van der Waals surface area contributed by atoms with Crippen molar-refractivity contribution < 1.29 is 13.3 Å². The fourth-order valence-corrected chi connectivity index (χ4v) is 5.70. The van der Waals surface area contributed by atoms with Gasteiger partial charge < -0.3 is 4.74 Å². The summed E-state index contributed by atoms with van der Waals surface area (Å²) in [6.07, 6.45) is 2.85. The van der Waals surface area contributed by atoms with Gasteiger partial charge in [0, 0.05) is 49.0 Å². The second-order valence-corrected chi connectivity index (χ2v) is 9.87. The zero-order valence-electron chi connectivity index (χ0n) is 16.4. The van der Waals surface area contributed by atoms with Crippen molar-refractivity contribution in [2.24, 2.45) is 5.92 Å². The van der Waals surface area contributed by atoms with Crippen LogP contribution < -0.4 is 10.0 Å². The minimum Gasteiger partial charge on any atom is -0.492 e. The highest BCUT2D eigenvalue weighted by molar-refractivity contribution is 7.98. The predicted octanol–water partition coefficient (Wildman–Crippen LogP) is 5.66. The van der Waals surface area contributed by atoms with Crippen LogP contribution in [0.5, 0.6) is 5.75 Å². The molecule has 0 radical (unpaired) electrons. The molecule has 0 saturated carbocycles. The molecule has 2 aromatic rings. The van der Waals surface area contributed by atoms with Crippen molar-refractivity contribution in [1.29, 1.82) is 0 Å². The topological polar surface area (TPSA) is 26.3 Å². The average Bonchev–Trinajstić information content (AvgIpc) is 2.72. The molecule has 0 spiro atoms. The van der Waals surface area contributed by atoms with Gasteiger partial charge in [0.15, 0.2) is 0 Å². The fourth-order valence-electron chi connectivity index (χ4n) is 3.34. The Morgan fingerprint density at radius 1 is 1.21 bits per heavy atom. The molecule has 7 heteroatoms. The molecule has 0 N–H and O–H groups in total. The van der Waals surface area contributed by atoms with Crippen LogP contribution in [0.2, 0.25) is 5.02 Å². The van der Waals surface area contributed by atoms with Crippen LogP contribution in [0.15, 0.2) is 41.3 Å². The third kappa shape index (κ3) is 5.95. The molecule has 28 heavy (non-hydrogen) atoms. The lowest BCUT2D eigenvalue weighted by atomic mass is 9.82. The molecule has 2 nitrogen and oxygen atoms in total. The average molecular weight is 461 g/mol. The summed E-state index contributed by atoms with van der Waals surface area (Å²) >= 11 is 7.38. The van der Waals surface area contributed by atoms with Crippen LogP contribution in [0.25, 0.3) is 0 Å². The van der Waals surface area contributed by atoms with E-state index in [9.17, 15) is 8.60 Å². The first kappa shape index (κ1) is 23.7. The van der Waals surface area contributed by atoms with Crippen LogP contribution in [0.4, 0.5) is 4.39 Å². The maximum absolute atomic E-state index is 14.0. The maximum atomic E-state index is 14.0. The van der Waals surface area contributed by atoms with Gasteiger partial charge >= 0.3 is 0 Å². The molecule has 0 bridgehead atoms. The number of hydrogen-bond donors (Lipinski definition) is 0. The minimum absolute atomic E-state index is 0.178. The van der Waals surface area contributed by atoms with Crippen molar-refractivity contribution in [3.63, 3.8) is 0 Å². The first-order chi connectivity index (χ1) is 13.5. The van der Waals surface area contributed by atoms with Crippen molar-refractivity contribution in [3.05, 3.63) is 52.8 Å². The third-order valence-electron chi connectivity index (χ3n) is 4.66. The van der Waals surface area contributed by atoms with E-state index >= 15 is 0 Å². The molecule has 2 aliphatic rings. The maximum Gasteiger partial charge on any atom is 0.132 e. The van der Waals surface area contributed by atoms with Crippen LogP contribution in [0, 0.1) is 11.7 Å². The summed E-state index contributed by atoms with van der Waals surface area (Å²) in [7, 11) is 1.83. The Labute approximate surface area is 181 Å². The second-order valence-electron chi connectivity index (χ2n) is 6.31. The number of benzene rings is 2. The highest BCUT2D eigenvalue weighted by atomic mass is 35.5. The van der Waals surface area contributed by atoms with Crippen LogP contribution >= 0.6 is 32.6 Å². The lowest BCUT2D eigenvalue weighted by molar-refractivity contribution is 0.199. The molecule has 0 aromatic heterocycles. The van der Waals surface area contributed by atoms with Gasteiger partial charge in [-0.15, -0.1) is 21.0 Å². The Balaban J connectivity index is 0.000000216. The molecule has 1 fully saturated rings. The lowest BCUT2D eigenvalue weighted by Gasteiger charge is -2.37. The van der Waals surface area contributed by atoms with Crippen LogP contribution in [-0.2, 0) is 10.8 Å². The zero-order valence-corrected chi connectivity index (χ0v) is 20.0. The van der Waals surface area contributed by atoms with Crippen LogP contribution in [0.3, 0.4) is 0 Å². The molecular formula is C21H27ClFO2PS2. The molecule has 4 atom stereocenters. The number of fused-ring (bicyclic) bond motifs is 3. The van der Waals surface area contributed by atoms with E-state index in [1.165, 1.54) is 11.0 Å². The van der Waals surface area contributed by atoms with Crippen molar-refractivity contribution in [2.45, 2.75) is 31.1 Å². The number of ether oxygens (including phenoxy) is 1. The normalized spacial score (nSPS) is 22.3. The van der Waals surface area contributed by atoms with Gasteiger partial charge in [-0.05, 0) is 55.0 Å². The Hall–Kier alpha value is -0.610. The molecule has 2 heterocycles. The molecule has 4 unspecified atom stereocenters. The van der Waals surface area contributed by atoms with E-state index in [0.29, 0.717) is 29.4 Å².